The first-order valence-electron chi connectivity index (χ1n) is 5.70. The Balaban J connectivity index is 2.79. The van der Waals surface area contributed by atoms with Crippen molar-refractivity contribution in [1.29, 1.82) is 0 Å². The van der Waals surface area contributed by atoms with E-state index in [0.29, 0.717) is 12.2 Å². The smallest absolute Gasteiger partial charge is 0.160 e. The quantitative estimate of drug-likeness (QED) is 0.698. The van der Waals surface area contributed by atoms with E-state index in [0.717, 1.165) is 5.56 Å². The Labute approximate surface area is 101 Å². The lowest BCUT2D eigenvalue weighted by atomic mass is 9.89. The number of benzene rings is 1. The third-order valence-corrected chi connectivity index (χ3v) is 3.07. The van der Waals surface area contributed by atoms with Gasteiger partial charge in [-0.3, -0.25) is 0 Å². The number of ether oxygens (including phenoxy) is 1. The van der Waals surface area contributed by atoms with Crippen LogP contribution in [0, 0.1) is 11.8 Å². The minimum atomic E-state index is 0.00856. The average Bonchev–Trinajstić information content (AvgIpc) is 2.36. The molecule has 96 valence electrons. The highest BCUT2D eigenvalue weighted by atomic mass is 16.5. The molecule has 0 aromatic heterocycles. The summed E-state index contributed by atoms with van der Waals surface area (Å²) < 4.78 is 5.03. The summed E-state index contributed by atoms with van der Waals surface area (Å²) in [6.07, 6.45) is 0.648. The van der Waals surface area contributed by atoms with Crippen LogP contribution in [0.3, 0.4) is 0 Å². The van der Waals surface area contributed by atoms with Gasteiger partial charge < -0.3 is 20.1 Å². The fraction of sp³-hybridized carbons (Fsp3) is 0.538. The van der Waals surface area contributed by atoms with Crippen molar-refractivity contribution < 1.29 is 20.1 Å². The summed E-state index contributed by atoms with van der Waals surface area (Å²) >= 11 is 0. The van der Waals surface area contributed by atoms with Gasteiger partial charge in [0.25, 0.3) is 0 Å². The van der Waals surface area contributed by atoms with Crippen molar-refractivity contribution in [1.82, 2.24) is 0 Å². The van der Waals surface area contributed by atoms with Crippen molar-refractivity contribution in [3.63, 3.8) is 0 Å². The van der Waals surface area contributed by atoms with Crippen molar-refractivity contribution in [2.45, 2.75) is 13.3 Å². The number of aliphatic hydroxyl groups excluding tert-OH is 2. The summed E-state index contributed by atoms with van der Waals surface area (Å²) in [7, 11) is 1.50. The Morgan fingerprint density at radius 1 is 1.24 bits per heavy atom. The lowest BCUT2D eigenvalue weighted by molar-refractivity contribution is 0.130. The number of aromatic hydroxyl groups is 1. The Kier molecular flexibility index (Phi) is 5.25. The molecule has 2 atom stereocenters. The number of hydrogen-bond acceptors (Lipinski definition) is 4. The van der Waals surface area contributed by atoms with E-state index in [2.05, 4.69) is 0 Å². The molecule has 1 aromatic carbocycles. The van der Waals surface area contributed by atoms with Crippen molar-refractivity contribution in [2.24, 2.45) is 11.8 Å². The number of phenols is 1. The number of hydrogen-bond donors (Lipinski definition) is 3. The monoisotopic (exact) mass is 240 g/mol. The predicted octanol–water partition coefficient (Wildman–Crippen LogP) is 1.18. The van der Waals surface area contributed by atoms with Gasteiger partial charge in [-0.2, -0.15) is 0 Å². The van der Waals surface area contributed by atoms with Crippen molar-refractivity contribution in [3.05, 3.63) is 23.8 Å². The third kappa shape index (κ3) is 3.61. The molecule has 0 aliphatic rings. The fourth-order valence-electron chi connectivity index (χ4n) is 1.75. The van der Waals surface area contributed by atoms with Crippen LogP contribution in [-0.4, -0.2) is 35.6 Å². The van der Waals surface area contributed by atoms with Gasteiger partial charge in [0, 0.05) is 13.2 Å². The highest BCUT2D eigenvalue weighted by Gasteiger charge is 2.17. The molecule has 0 heterocycles. The standard InChI is InChI=1S/C13H20O4/c1-9(7-14)11(8-15)5-10-3-4-12(16)13(6-10)17-2/h3-4,6,9,11,14-16H,5,7-8H2,1-2H3. The van der Waals surface area contributed by atoms with Crippen LogP contribution in [0.1, 0.15) is 12.5 Å². The van der Waals surface area contributed by atoms with Gasteiger partial charge in [0.15, 0.2) is 11.5 Å². The Bertz CT molecular complexity index is 351. The molecular formula is C13H20O4. The number of methoxy groups -OCH3 is 1. The van der Waals surface area contributed by atoms with Crippen LogP contribution in [-0.2, 0) is 6.42 Å². The molecule has 2 unspecified atom stereocenters. The maximum Gasteiger partial charge on any atom is 0.160 e. The number of aliphatic hydroxyl groups is 2. The van der Waals surface area contributed by atoms with Gasteiger partial charge >= 0.3 is 0 Å². The molecule has 4 heteroatoms. The van der Waals surface area contributed by atoms with E-state index in [9.17, 15) is 10.2 Å². The van der Waals surface area contributed by atoms with Gasteiger partial charge in [-0.25, -0.2) is 0 Å². The summed E-state index contributed by atoms with van der Waals surface area (Å²) in [5, 5.41) is 27.8. The summed E-state index contributed by atoms with van der Waals surface area (Å²) in [6, 6.07) is 5.12. The van der Waals surface area contributed by atoms with E-state index < -0.39 is 0 Å². The number of phenolic OH excluding ortho intramolecular Hbond substituents is 1. The SMILES string of the molecule is COc1cc(CC(CO)C(C)CO)ccc1O. The van der Waals surface area contributed by atoms with E-state index >= 15 is 0 Å². The van der Waals surface area contributed by atoms with Crippen molar-refractivity contribution in [3.8, 4) is 11.5 Å². The Morgan fingerprint density at radius 3 is 2.47 bits per heavy atom. The molecule has 0 bridgehead atoms. The summed E-state index contributed by atoms with van der Waals surface area (Å²) in [6.45, 7) is 1.99. The number of rotatable bonds is 6. The molecule has 17 heavy (non-hydrogen) atoms. The molecule has 0 saturated heterocycles. The Hall–Kier alpha value is -1.26. The van der Waals surface area contributed by atoms with E-state index in [1.807, 2.05) is 6.92 Å². The van der Waals surface area contributed by atoms with Crippen LogP contribution in [0.5, 0.6) is 11.5 Å². The van der Waals surface area contributed by atoms with Crippen molar-refractivity contribution in [2.75, 3.05) is 20.3 Å². The highest BCUT2D eigenvalue weighted by Crippen LogP contribution is 2.28. The van der Waals surface area contributed by atoms with Gasteiger partial charge in [0.2, 0.25) is 0 Å². The molecule has 0 aliphatic heterocycles. The highest BCUT2D eigenvalue weighted by molar-refractivity contribution is 5.41. The second-order valence-electron chi connectivity index (χ2n) is 4.31. The normalized spacial score (nSPS) is 14.4. The molecule has 0 spiro atoms. The molecule has 1 aromatic rings. The predicted molar refractivity (Wildman–Crippen MR) is 65.2 cm³/mol. The topological polar surface area (TPSA) is 69.9 Å². The first-order chi connectivity index (χ1) is 8.12. The molecule has 3 N–H and O–H groups in total. The van der Waals surface area contributed by atoms with Crippen LogP contribution in [0.2, 0.25) is 0 Å². The van der Waals surface area contributed by atoms with Crippen molar-refractivity contribution >= 4 is 0 Å². The van der Waals surface area contributed by atoms with Gasteiger partial charge in [0.1, 0.15) is 0 Å². The molecule has 0 aliphatic carbocycles. The second kappa shape index (κ2) is 6.47. The molecule has 0 amide bonds. The summed E-state index contributed by atoms with van der Waals surface area (Å²) in [5.41, 5.74) is 0.971. The maximum absolute atomic E-state index is 9.47. The zero-order valence-corrected chi connectivity index (χ0v) is 10.3. The molecular weight excluding hydrogens is 220 g/mol. The summed E-state index contributed by atoms with van der Waals surface area (Å²) in [5.74, 6) is 0.580. The summed E-state index contributed by atoms with van der Waals surface area (Å²) in [4.78, 5) is 0. The molecule has 0 radical (unpaired) electrons. The van der Waals surface area contributed by atoms with Gasteiger partial charge in [-0.15, -0.1) is 0 Å². The molecule has 4 nitrogen and oxygen atoms in total. The van der Waals surface area contributed by atoms with Crippen LogP contribution in [0.4, 0.5) is 0 Å². The van der Waals surface area contributed by atoms with E-state index in [-0.39, 0.29) is 30.8 Å². The van der Waals surface area contributed by atoms with Crippen LogP contribution >= 0.6 is 0 Å². The zero-order chi connectivity index (χ0) is 12.8. The van der Waals surface area contributed by atoms with Crippen LogP contribution in [0.25, 0.3) is 0 Å². The van der Waals surface area contributed by atoms with Gasteiger partial charge in [-0.05, 0) is 36.0 Å². The molecule has 0 saturated carbocycles. The fourth-order valence-corrected chi connectivity index (χ4v) is 1.75. The first-order valence-corrected chi connectivity index (χ1v) is 5.70. The lowest BCUT2D eigenvalue weighted by Crippen LogP contribution is -2.21. The van der Waals surface area contributed by atoms with E-state index in [1.165, 1.54) is 7.11 Å². The molecule has 0 fully saturated rings. The Morgan fingerprint density at radius 2 is 1.94 bits per heavy atom. The largest absolute Gasteiger partial charge is 0.504 e. The second-order valence-corrected chi connectivity index (χ2v) is 4.31. The average molecular weight is 240 g/mol. The molecule has 1 rings (SSSR count). The minimum absolute atomic E-state index is 0.00856. The first kappa shape index (κ1) is 13.8. The minimum Gasteiger partial charge on any atom is -0.504 e. The van der Waals surface area contributed by atoms with Gasteiger partial charge in [0.05, 0.1) is 7.11 Å². The van der Waals surface area contributed by atoms with Crippen LogP contribution in [0.15, 0.2) is 18.2 Å². The van der Waals surface area contributed by atoms with Gasteiger partial charge in [-0.1, -0.05) is 13.0 Å². The lowest BCUT2D eigenvalue weighted by Gasteiger charge is -2.20. The zero-order valence-electron chi connectivity index (χ0n) is 10.3. The third-order valence-electron chi connectivity index (χ3n) is 3.07. The van der Waals surface area contributed by atoms with E-state index in [1.54, 1.807) is 18.2 Å². The van der Waals surface area contributed by atoms with Crippen LogP contribution < -0.4 is 4.74 Å². The van der Waals surface area contributed by atoms with E-state index in [4.69, 9.17) is 9.84 Å². The maximum atomic E-state index is 9.47.